The molecule has 0 unspecified atom stereocenters. The predicted octanol–water partition coefficient (Wildman–Crippen LogP) is 2.92. The lowest BCUT2D eigenvalue weighted by Crippen LogP contribution is -2.18. The van der Waals surface area contributed by atoms with E-state index in [1.807, 2.05) is 12.1 Å². The van der Waals surface area contributed by atoms with E-state index in [4.69, 9.17) is 5.11 Å². The number of anilines is 1. The van der Waals surface area contributed by atoms with E-state index >= 15 is 0 Å². The van der Waals surface area contributed by atoms with Crippen molar-refractivity contribution in [1.82, 2.24) is 0 Å². The van der Waals surface area contributed by atoms with Gasteiger partial charge in [-0.05, 0) is 56.7 Å². The quantitative estimate of drug-likeness (QED) is 0.832. The number of carbonyl (C=O) groups is 2. The van der Waals surface area contributed by atoms with E-state index in [-0.39, 0.29) is 17.1 Å². The molecule has 0 saturated heterocycles. The zero-order valence-corrected chi connectivity index (χ0v) is 11.8. The van der Waals surface area contributed by atoms with Crippen molar-refractivity contribution < 1.29 is 14.7 Å². The van der Waals surface area contributed by atoms with Gasteiger partial charge in [0.05, 0.1) is 0 Å². The van der Waals surface area contributed by atoms with Gasteiger partial charge in [0.1, 0.15) is 0 Å². The second kappa shape index (κ2) is 5.90. The Morgan fingerprint density at radius 2 is 1.80 bits per heavy atom. The lowest BCUT2D eigenvalue weighted by molar-refractivity contribution is -0.133. The highest BCUT2D eigenvalue weighted by Gasteiger charge is 2.17. The third kappa shape index (κ3) is 2.90. The van der Waals surface area contributed by atoms with Gasteiger partial charge in [-0.3, -0.25) is 4.79 Å². The van der Waals surface area contributed by atoms with Crippen LogP contribution in [0.1, 0.15) is 37.8 Å². The number of aryl methyl sites for hydroxylation is 1. The van der Waals surface area contributed by atoms with E-state index in [0.29, 0.717) is 0 Å². The third-order valence-corrected chi connectivity index (χ3v) is 3.87. The van der Waals surface area contributed by atoms with Crippen molar-refractivity contribution in [2.75, 3.05) is 5.32 Å². The first kappa shape index (κ1) is 14.3. The summed E-state index contributed by atoms with van der Waals surface area (Å²) in [5, 5.41) is 11.8. The molecule has 106 valence electrons. The van der Waals surface area contributed by atoms with E-state index in [0.717, 1.165) is 24.9 Å². The lowest BCUT2D eigenvalue weighted by Gasteiger charge is -2.19. The van der Waals surface area contributed by atoms with E-state index in [9.17, 15) is 9.59 Å². The first-order valence-electron chi connectivity index (χ1n) is 6.83. The minimum absolute atomic E-state index is 0.0762. The number of hydrogen-bond donors (Lipinski definition) is 2. The highest BCUT2D eigenvalue weighted by atomic mass is 16.4. The van der Waals surface area contributed by atoms with Crippen LogP contribution in [-0.4, -0.2) is 17.0 Å². The third-order valence-electron chi connectivity index (χ3n) is 3.87. The van der Waals surface area contributed by atoms with Gasteiger partial charge in [-0.2, -0.15) is 0 Å². The summed E-state index contributed by atoms with van der Waals surface area (Å²) in [5.74, 6) is -1.41. The summed E-state index contributed by atoms with van der Waals surface area (Å²) >= 11 is 0. The van der Waals surface area contributed by atoms with Gasteiger partial charge < -0.3 is 10.4 Å². The van der Waals surface area contributed by atoms with Gasteiger partial charge in [-0.25, -0.2) is 4.79 Å². The van der Waals surface area contributed by atoms with Crippen LogP contribution in [-0.2, 0) is 22.4 Å². The number of hydrogen-bond acceptors (Lipinski definition) is 2. The van der Waals surface area contributed by atoms with Gasteiger partial charge in [0, 0.05) is 16.8 Å². The van der Waals surface area contributed by atoms with Crippen molar-refractivity contribution in [1.29, 1.82) is 0 Å². The maximum atomic E-state index is 12.1. The first-order chi connectivity index (χ1) is 9.50. The Labute approximate surface area is 118 Å². The van der Waals surface area contributed by atoms with Gasteiger partial charge in [-0.1, -0.05) is 12.1 Å². The van der Waals surface area contributed by atoms with Crippen LogP contribution in [0.3, 0.4) is 0 Å². The Kier molecular flexibility index (Phi) is 4.23. The fraction of sp³-hybridized carbons (Fsp3) is 0.375. The number of fused-ring (bicyclic) bond motifs is 1. The molecule has 0 aliphatic heterocycles. The minimum Gasteiger partial charge on any atom is -0.478 e. The lowest BCUT2D eigenvalue weighted by atomic mass is 9.90. The molecule has 2 N–H and O–H groups in total. The number of aliphatic carboxylic acids is 1. The Bertz CT molecular complexity index is 587. The summed E-state index contributed by atoms with van der Waals surface area (Å²) in [6, 6.07) is 5.91. The average molecular weight is 273 g/mol. The molecule has 20 heavy (non-hydrogen) atoms. The number of nitrogens with one attached hydrogen (secondary N) is 1. The highest BCUT2D eigenvalue weighted by Crippen LogP contribution is 2.28. The molecule has 0 saturated carbocycles. The Morgan fingerprint density at radius 3 is 2.50 bits per heavy atom. The number of carboxylic acid groups (broad SMARTS) is 1. The summed E-state index contributed by atoms with van der Waals surface area (Å²) in [6.07, 6.45) is 4.32. The molecule has 0 spiro atoms. The molecule has 0 fully saturated rings. The zero-order chi connectivity index (χ0) is 14.7. The molecule has 0 heterocycles. The van der Waals surface area contributed by atoms with Crippen LogP contribution in [0, 0.1) is 0 Å². The van der Waals surface area contributed by atoms with Crippen molar-refractivity contribution in [3.63, 3.8) is 0 Å². The smallest absolute Gasteiger partial charge is 0.331 e. The first-order valence-corrected chi connectivity index (χ1v) is 6.83. The van der Waals surface area contributed by atoms with Crippen LogP contribution in [0.25, 0.3) is 0 Å². The number of benzene rings is 1. The molecule has 2 rings (SSSR count). The molecule has 0 bridgehead atoms. The van der Waals surface area contributed by atoms with Crippen LogP contribution < -0.4 is 5.32 Å². The standard InChI is InChI=1S/C16H19NO3/c1-10(11(2)16(19)20)15(18)17-14-9-5-7-12-6-3-4-8-13(12)14/h5,7,9H,3-4,6,8H2,1-2H3,(H,17,18)(H,19,20)/b11-10-. The van der Waals surface area contributed by atoms with Crippen LogP contribution >= 0.6 is 0 Å². The molecule has 1 aliphatic carbocycles. The molecular weight excluding hydrogens is 254 g/mol. The van der Waals surface area contributed by atoms with Crippen molar-refractivity contribution in [3.05, 3.63) is 40.5 Å². The maximum absolute atomic E-state index is 12.1. The topological polar surface area (TPSA) is 66.4 Å². The molecule has 4 heteroatoms. The summed E-state index contributed by atoms with van der Waals surface area (Å²) in [6.45, 7) is 2.98. The summed E-state index contributed by atoms with van der Waals surface area (Å²) in [4.78, 5) is 23.0. The van der Waals surface area contributed by atoms with Crippen molar-refractivity contribution in [2.24, 2.45) is 0 Å². The minimum atomic E-state index is -1.06. The monoisotopic (exact) mass is 273 g/mol. The fourth-order valence-corrected chi connectivity index (χ4v) is 2.45. The van der Waals surface area contributed by atoms with Crippen LogP contribution in [0.4, 0.5) is 5.69 Å². The summed E-state index contributed by atoms with van der Waals surface area (Å²) < 4.78 is 0. The van der Waals surface area contributed by atoms with Crippen molar-refractivity contribution >= 4 is 17.6 Å². The van der Waals surface area contributed by atoms with Gasteiger partial charge in [0.25, 0.3) is 5.91 Å². The van der Waals surface area contributed by atoms with Gasteiger partial charge in [-0.15, -0.1) is 0 Å². The average Bonchev–Trinajstić information content (AvgIpc) is 2.46. The predicted molar refractivity (Wildman–Crippen MR) is 77.7 cm³/mol. The highest BCUT2D eigenvalue weighted by molar-refractivity contribution is 6.08. The number of amides is 1. The van der Waals surface area contributed by atoms with Crippen molar-refractivity contribution in [3.8, 4) is 0 Å². The van der Waals surface area contributed by atoms with Gasteiger partial charge >= 0.3 is 5.97 Å². The van der Waals surface area contributed by atoms with E-state index in [1.54, 1.807) is 0 Å². The molecule has 1 aromatic rings. The van der Waals surface area contributed by atoms with Crippen LogP contribution in [0.2, 0.25) is 0 Å². The van der Waals surface area contributed by atoms with Crippen molar-refractivity contribution in [2.45, 2.75) is 39.5 Å². The molecule has 0 radical (unpaired) electrons. The Morgan fingerprint density at radius 1 is 1.10 bits per heavy atom. The summed E-state index contributed by atoms with van der Waals surface area (Å²) in [7, 11) is 0. The number of rotatable bonds is 3. The van der Waals surface area contributed by atoms with Crippen LogP contribution in [0.15, 0.2) is 29.3 Å². The molecule has 4 nitrogen and oxygen atoms in total. The molecule has 1 aliphatic rings. The molecule has 1 amide bonds. The molecular formula is C16H19NO3. The maximum Gasteiger partial charge on any atom is 0.331 e. The summed E-state index contributed by atoms with van der Waals surface area (Å²) in [5.41, 5.74) is 3.60. The Hall–Kier alpha value is -2.10. The SMILES string of the molecule is C/C(C(=O)O)=C(\C)C(=O)Nc1cccc2c1CCCC2. The number of carboxylic acids is 1. The van der Waals surface area contributed by atoms with E-state index < -0.39 is 5.97 Å². The van der Waals surface area contributed by atoms with E-state index in [2.05, 4.69) is 11.4 Å². The Balaban J connectivity index is 2.25. The van der Waals surface area contributed by atoms with Gasteiger partial charge in [0.15, 0.2) is 0 Å². The van der Waals surface area contributed by atoms with Crippen LogP contribution in [0.5, 0.6) is 0 Å². The number of carbonyl (C=O) groups excluding carboxylic acids is 1. The van der Waals surface area contributed by atoms with E-state index in [1.165, 1.54) is 31.4 Å². The molecule has 1 aromatic carbocycles. The molecule has 0 aromatic heterocycles. The fourth-order valence-electron chi connectivity index (χ4n) is 2.45. The second-order valence-electron chi connectivity index (χ2n) is 5.16. The molecule has 0 atom stereocenters. The largest absolute Gasteiger partial charge is 0.478 e. The van der Waals surface area contributed by atoms with Gasteiger partial charge in [0.2, 0.25) is 0 Å². The second-order valence-corrected chi connectivity index (χ2v) is 5.16. The normalized spacial score (nSPS) is 15.1. The zero-order valence-electron chi connectivity index (χ0n) is 11.8.